The van der Waals surface area contributed by atoms with Crippen LogP contribution in [0.15, 0.2) is 5.38 Å². The van der Waals surface area contributed by atoms with Crippen LogP contribution in [0.3, 0.4) is 0 Å². The lowest BCUT2D eigenvalue weighted by Crippen LogP contribution is -2.44. The summed E-state index contributed by atoms with van der Waals surface area (Å²) in [4.78, 5) is 17.5. The van der Waals surface area contributed by atoms with E-state index < -0.39 is 5.91 Å². The summed E-state index contributed by atoms with van der Waals surface area (Å²) in [5, 5.41) is 2.64. The Labute approximate surface area is 105 Å². The van der Waals surface area contributed by atoms with E-state index in [0.717, 1.165) is 24.6 Å². The lowest BCUT2D eigenvalue weighted by molar-refractivity contribution is -0.0705. The third-order valence-corrected chi connectivity index (χ3v) is 3.49. The molecule has 0 saturated carbocycles. The lowest BCUT2D eigenvalue weighted by Gasteiger charge is -2.34. The molecule has 1 aromatic heterocycles. The number of carbonyl (C=O) groups excluding carboxylic acids is 1. The van der Waals surface area contributed by atoms with Gasteiger partial charge < -0.3 is 10.5 Å². The zero-order valence-electron chi connectivity index (χ0n) is 10.0. The zero-order valence-corrected chi connectivity index (χ0v) is 10.9. The molecule has 1 amide bonds. The van der Waals surface area contributed by atoms with E-state index in [0.29, 0.717) is 5.69 Å². The fraction of sp³-hybridized carbons (Fsp3) is 0.636. The average molecular weight is 255 g/mol. The largest absolute Gasteiger partial charge is 0.373 e. The molecule has 17 heavy (non-hydrogen) atoms. The minimum Gasteiger partial charge on any atom is -0.373 e. The molecule has 1 aliphatic rings. The molecule has 1 aliphatic heterocycles. The molecule has 94 valence electrons. The third kappa shape index (κ3) is 3.24. The fourth-order valence-corrected chi connectivity index (χ4v) is 2.93. The number of amides is 1. The van der Waals surface area contributed by atoms with Gasteiger partial charge in [-0.2, -0.15) is 0 Å². The summed E-state index contributed by atoms with van der Waals surface area (Å²) in [7, 11) is 0. The second-order valence-electron chi connectivity index (χ2n) is 4.44. The molecule has 5 nitrogen and oxygen atoms in total. The van der Waals surface area contributed by atoms with Gasteiger partial charge in [0, 0.05) is 18.5 Å². The summed E-state index contributed by atoms with van der Waals surface area (Å²) in [5.74, 6) is -0.462. The second-order valence-corrected chi connectivity index (χ2v) is 5.38. The molecule has 0 radical (unpaired) electrons. The number of hydrogen-bond donors (Lipinski definition) is 1. The second kappa shape index (κ2) is 5.12. The predicted molar refractivity (Wildman–Crippen MR) is 65.9 cm³/mol. The van der Waals surface area contributed by atoms with Crippen LogP contribution in [-0.4, -0.2) is 41.1 Å². The van der Waals surface area contributed by atoms with Gasteiger partial charge in [0.05, 0.1) is 18.8 Å². The Morgan fingerprint density at radius 2 is 2.24 bits per heavy atom. The number of aromatic nitrogens is 1. The number of nitrogens with zero attached hydrogens (tertiary/aromatic N) is 2. The molecule has 1 fully saturated rings. The summed E-state index contributed by atoms with van der Waals surface area (Å²) in [6.45, 7) is 6.69. The van der Waals surface area contributed by atoms with Crippen LogP contribution in [0.5, 0.6) is 0 Å². The van der Waals surface area contributed by atoms with E-state index in [2.05, 4.69) is 23.7 Å². The quantitative estimate of drug-likeness (QED) is 0.869. The van der Waals surface area contributed by atoms with Gasteiger partial charge in [0.25, 0.3) is 5.91 Å². The van der Waals surface area contributed by atoms with Crippen molar-refractivity contribution in [2.75, 3.05) is 13.1 Å². The van der Waals surface area contributed by atoms with E-state index in [4.69, 9.17) is 10.5 Å². The Balaban J connectivity index is 1.97. The van der Waals surface area contributed by atoms with Crippen LogP contribution in [-0.2, 0) is 11.3 Å². The van der Waals surface area contributed by atoms with Gasteiger partial charge in [0.1, 0.15) is 10.7 Å². The first-order valence-electron chi connectivity index (χ1n) is 5.66. The number of morpholine rings is 1. The molecule has 2 heterocycles. The number of thiazole rings is 1. The Morgan fingerprint density at radius 3 is 2.76 bits per heavy atom. The first-order chi connectivity index (χ1) is 8.04. The minimum absolute atomic E-state index is 0.245. The van der Waals surface area contributed by atoms with Gasteiger partial charge >= 0.3 is 0 Å². The van der Waals surface area contributed by atoms with Gasteiger partial charge in [-0.3, -0.25) is 9.69 Å². The van der Waals surface area contributed by atoms with Crippen LogP contribution in [0.2, 0.25) is 0 Å². The molecule has 0 aromatic carbocycles. The molecule has 1 unspecified atom stereocenters. The van der Waals surface area contributed by atoms with Crippen molar-refractivity contribution in [3.63, 3.8) is 0 Å². The number of ether oxygens (including phenoxy) is 1. The van der Waals surface area contributed by atoms with Crippen LogP contribution in [0.25, 0.3) is 0 Å². The highest BCUT2D eigenvalue weighted by atomic mass is 32.1. The minimum atomic E-state index is -0.462. The number of nitrogens with two attached hydrogens (primary N) is 1. The topological polar surface area (TPSA) is 68.5 Å². The maximum atomic E-state index is 10.9. The van der Waals surface area contributed by atoms with Crippen LogP contribution < -0.4 is 5.73 Å². The van der Waals surface area contributed by atoms with Crippen molar-refractivity contribution in [2.24, 2.45) is 5.73 Å². The van der Waals surface area contributed by atoms with E-state index in [9.17, 15) is 4.79 Å². The summed E-state index contributed by atoms with van der Waals surface area (Å²) in [6.07, 6.45) is 0.489. The van der Waals surface area contributed by atoms with E-state index in [1.807, 2.05) is 0 Å². The van der Waals surface area contributed by atoms with Crippen molar-refractivity contribution in [1.82, 2.24) is 9.88 Å². The predicted octanol–water partition coefficient (Wildman–Crippen LogP) is 0.851. The monoisotopic (exact) mass is 255 g/mol. The van der Waals surface area contributed by atoms with Gasteiger partial charge in [0.2, 0.25) is 0 Å². The Bertz CT molecular complexity index is 397. The molecule has 1 aromatic rings. The van der Waals surface area contributed by atoms with Gasteiger partial charge in [0.15, 0.2) is 0 Å². The van der Waals surface area contributed by atoms with Gasteiger partial charge in [-0.25, -0.2) is 4.98 Å². The summed E-state index contributed by atoms with van der Waals surface area (Å²) < 4.78 is 5.66. The molecule has 6 heteroatoms. The van der Waals surface area contributed by atoms with Crippen molar-refractivity contribution in [3.05, 3.63) is 16.1 Å². The molecular formula is C11H17N3O2S. The van der Waals surface area contributed by atoms with Gasteiger partial charge in [-0.05, 0) is 13.8 Å². The van der Waals surface area contributed by atoms with E-state index in [1.54, 1.807) is 5.38 Å². The van der Waals surface area contributed by atoms with Gasteiger partial charge in [-0.1, -0.05) is 0 Å². The van der Waals surface area contributed by atoms with Crippen molar-refractivity contribution in [1.29, 1.82) is 0 Å². The Kier molecular flexibility index (Phi) is 3.76. The van der Waals surface area contributed by atoms with Crippen molar-refractivity contribution < 1.29 is 9.53 Å². The Hall–Kier alpha value is -0.980. The van der Waals surface area contributed by atoms with Crippen LogP contribution in [0, 0.1) is 0 Å². The average Bonchev–Trinajstić information content (AvgIpc) is 2.64. The number of carbonyl (C=O) groups is 1. The number of primary amides is 1. The first-order valence-corrected chi connectivity index (χ1v) is 6.54. The number of hydrogen-bond acceptors (Lipinski definition) is 5. The summed E-state index contributed by atoms with van der Waals surface area (Å²) in [5.41, 5.74) is 5.54. The maximum absolute atomic E-state index is 10.9. The molecule has 0 aliphatic carbocycles. The highest BCUT2D eigenvalue weighted by Crippen LogP contribution is 2.16. The van der Waals surface area contributed by atoms with Crippen molar-refractivity contribution >= 4 is 17.2 Å². The number of rotatable bonds is 3. The van der Waals surface area contributed by atoms with E-state index in [-0.39, 0.29) is 12.2 Å². The highest BCUT2D eigenvalue weighted by Gasteiger charge is 2.23. The Morgan fingerprint density at radius 1 is 1.59 bits per heavy atom. The molecule has 0 spiro atoms. The lowest BCUT2D eigenvalue weighted by atomic mass is 10.2. The summed E-state index contributed by atoms with van der Waals surface area (Å²) >= 11 is 1.48. The van der Waals surface area contributed by atoms with Crippen molar-refractivity contribution in [3.8, 4) is 0 Å². The first kappa shape index (κ1) is 12.5. The molecule has 2 N–H and O–H groups in total. The van der Waals surface area contributed by atoms with Gasteiger partial charge in [-0.15, -0.1) is 11.3 Å². The van der Waals surface area contributed by atoms with E-state index >= 15 is 0 Å². The SMILES string of the molecule is CC1CN(Cc2nc(C(N)=O)cs2)C[C@H](C)O1. The van der Waals surface area contributed by atoms with Crippen molar-refractivity contribution in [2.45, 2.75) is 32.6 Å². The molecule has 2 atom stereocenters. The third-order valence-electron chi connectivity index (χ3n) is 2.66. The normalized spacial score (nSPS) is 26.0. The zero-order chi connectivity index (χ0) is 12.4. The van der Waals surface area contributed by atoms with E-state index in [1.165, 1.54) is 11.3 Å². The maximum Gasteiger partial charge on any atom is 0.268 e. The summed E-state index contributed by atoms with van der Waals surface area (Å²) in [6, 6.07) is 0. The molecular weight excluding hydrogens is 238 g/mol. The highest BCUT2D eigenvalue weighted by molar-refractivity contribution is 7.09. The van der Waals surface area contributed by atoms with Crippen LogP contribution in [0.1, 0.15) is 29.3 Å². The standard InChI is InChI=1S/C11H17N3O2S/c1-7-3-14(4-8(2)16-7)5-10-13-9(6-17-10)11(12)15/h6-8H,3-5H2,1-2H3,(H2,12,15)/t7-,8?/m0/s1. The van der Waals surface area contributed by atoms with Crippen LogP contribution >= 0.6 is 11.3 Å². The molecule has 0 bridgehead atoms. The smallest absolute Gasteiger partial charge is 0.268 e. The van der Waals surface area contributed by atoms with Crippen LogP contribution in [0.4, 0.5) is 0 Å². The molecule has 2 rings (SSSR count). The fourth-order valence-electron chi connectivity index (χ4n) is 2.10. The molecule has 1 saturated heterocycles.